The molecule has 2 aromatic heterocycles. The number of aryl methyl sites for hydroxylation is 1. The predicted molar refractivity (Wildman–Crippen MR) is 109 cm³/mol. The second-order valence-corrected chi connectivity index (χ2v) is 8.09. The summed E-state index contributed by atoms with van der Waals surface area (Å²) in [5.41, 5.74) is 0.441. The summed E-state index contributed by atoms with van der Waals surface area (Å²) in [6, 6.07) is 2.87. The lowest BCUT2D eigenvalue weighted by atomic mass is 9.96. The number of fused-ring (bicyclic) bond motifs is 3. The van der Waals surface area contributed by atoms with E-state index >= 15 is 0 Å². The largest absolute Gasteiger partial charge is 0.507 e. The fraction of sp³-hybridized carbons (Fsp3) is 0.450. The molecule has 3 unspecified atom stereocenters. The zero-order valence-corrected chi connectivity index (χ0v) is 16.7. The van der Waals surface area contributed by atoms with Gasteiger partial charge >= 0.3 is 0 Å². The zero-order chi connectivity index (χ0) is 21.0. The highest BCUT2D eigenvalue weighted by atomic mass is 19.1. The lowest BCUT2D eigenvalue weighted by Crippen LogP contribution is -2.55. The normalized spacial score (nSPS) is 25.6. The van der Waals surface area contributed by atoms with Crippen molar-refractivity contribution in [1.29, 1.82) is 0 Å². The first kappa shape index (κ1) is 18.9. The molecule has 4 heterocycles. The van der Waals surface area contributed by atoms with Crippen molar-refractivity contribution in [2.45, 2.75) is 43.6 Å². The van der Waals surface area contributed by atoms with Crippen LogP contribution in [-0.4, -0.2) is 61.2 Å². The predicted octanol–water partition coefficient (Wildman–Crippen LogP) is 1.16. The van der Waals surface area contributed by atoms with Gasteiger partial charge in [0, 0.05) is 32.2 Å². The van der Waals surface area contributed by atoms with Gasteiger partial charge in [-0.05, 0) is 25.3 Å². The summed E-state index contributed by atoms with van der Waals surface area (Å²) >= 11 is 0. The number of rotatable bonds is 3. The number of benzene rings is 1. The standard InChI is InChI=1S/C20H22FN7O2/c1-27-9-23-14-7-16(29)12(6-11(14)20(27)30)19-22-8-17(25-26-19)28(2)15-5-10-3-4-13(24-10)18(15)21/h6-10,13,15,18,24,29H,3-5H2,1-2H3/t10?,13?,15?,18-/m1/s1. The summed E-state index contributed by atoms with van der Waals surface area (Å²) in [6.07, 6.45) is 4.49. The van der Waals surface area contributed by atoms with Crippen molar-refractivity contribution >= 4 is 16.7 Å². The molecule has 0 amide bonds. The number of anilines is 1. The quantitative estimate of drug-likeness (QED) is 0.661. The van der Waals surface area contributed by atoms with Crippen molar-refractivity contribution < 1.29 is 9.50 Å². The molecule has 2 N–H and O–H groups in total. The van der Waals surface area contributed by atoms with E-state index in [1.54, 1.807) is 19.0 Å². The van der Waals surface area contributed by atoms with Crippen molar-refractivity contribution in [3.05, 3.63) is 35.0 Å². The van der Waals surface area contributed by atoms with Crippen LogP contribution in [0.1, 0.15) is 19.3 Å². The molecule has 9 nitrogen and oxygen atoms in total. The number of piperidine rings is 1. The zero-order valence-electron chi connectivity index (χ0n) is 16.7. The topological polar surface area (TPSA) is 109 Å². The Labute approximate surface area is 171 Å². The van der Waals surface area contributed by atoms with Crippen molar-refractivity contribution in [3.63, 3.8) is 0 Å². The Morgan fingerprint density at radius 2 is 2.10 bits per heavy atom. The summed E-state index contributed by atoms with van der Waals surface area (Å²) < 4.78 is 16.2. The summed E-state index contributed by atoms with van der Waals surface area (Å²) in [5.74, 6) is 0.551. The Balaban J connectivity index is 1.46. The molecular weight excluding hydrogens is 389 g/mol. The molecule has 0 spiro atoms. The van der Waals surface area contributed by atoms with Crippen LogP contribution in [0.15, 0.2) is 29.5 Å². The molecule has 5 rings (SSSR count). The van der Waals surface area contributed by atoms with E-state index in [4.69, 9.17) is 0 Å². The summed E-state index contributed by atoms with van der Waals surface area (Å²) in [5, 5.41) is 22.4. The van der Waals surface area contributed by atoms with E-state index in [9.17, 15) is 14.3 Å². The average Bonchev–Trinajstić information content (AvgIpc) is 3.16. The fourth-order valence-corrected chi connectivity index (χ4v) is 4.50. The maximum Gasteiger partial charge on any atom is 0.260 e. The number of phenols is 1. The number of halogens is 1. The maximum absolute atomic E-state index is 14.8. The Kier molecular flexibility index (Phi) is 4.39. The van der Waals surface area contributed by atoms with Crippen molar-refractivity contribution in [3.8, 4) is 17.1 Å². The minimum absolute atomic E-state index is 0.0927. The molecule has 156 valence electrons. The van der Waals surface area contributed by atoms with E-state index in [0.717, 1.165) is 12.8 Å². The molecule has 2 aliphatic heterocycles. The van der Waals surface area contributed by atoms with E-state index in [1.165, 1.54) is 29.2 Å². The molecule has 2 saturated heterocycles. The van der Waals surface area contributed by atoms with Crippen LogP contribution < -0.4 is 15.8 Å². The molecular formula is C20H22FN7O2. The van der Waals surface area contributed by atoms with Crippen molar-refractivity contribution in [2.24, 2.45) is 7.05 Å². The number of hydrogen-bond acceptors (Lipinski definition) is 8. The van der Waals surface area contributed by atoms with Crippen LogP contribution in [0.5, 0.6) is 5.75 Å². The summed E-state index contributed by atoms with van der Waals surface area (Å²) in [4.78, 5) is 22.6. The second kappa shape index (κ2) is 6.98. The van der Waals surface area contributed by atoms with Gasteiger partial charge < -0.3 is 19.9 Å². The molecule has 0 radical (unpaired) electrons. The van der Waals surface area contributed by atoms with Gasteiger partial charge in [0.1, 0.15) is 11.9 Å². The molecule has 4 atom stereocenters. The molecule has 2 aliphatic rings. The maximum atomic E-state index is 14.8. The van der Waals surface area contributed by atoms with Gasteiger partial charge in [0.25, 0.3) is 5.56 Å². The average molecular weight is 411 g/mol. The smallest absolute Gasteiger partial charge is 0.260 e. The Morgan fingerprint density at radius 1 is 1.27 bits per heavy atom. The number of alkyl halides is 1. The van der Waals surface area contributed by atoms with Crippen LogP contribution in [0.2, 0.25) is 0 Å². The number of aromatic hydroxyl groups is 1. The van der Waals surface area contributed by atoms with Crippen molar-refractivity contribution in [2.75, 3.05) is 11.9 Å². The van der Waals surface area contributed by atoms with E-state index in [2.05, 4.69) is 25.5 Å². The minimum Gasteiger partial charge on any atom is -0.507 e. The van der Waals surface area contributed by atoms with Gasteiger partial charge in [0.05, 0.1) is 35.0 Å². The highest BCUT2D eigenvalue weighted by molar-refractivity contribution is 5.85. The van der Waals surface area contributed by atoms with Gasteiger partial charge in [-0.15, -0.1) is 10.2 Å². The first-order chi connectivity index (χ1) is 14.4. The van der Waals surface area contributed by atoms with Crippen LogP contribution in [0.3, 0.4) is 0 Å². The third kappa shape index (κ3) is 2.98. The van der Waals surface area contributed by atoms with Crippen molar-refractivity contribution in [1.82, 2.24) is 30.0 Å². The number of nitrogens with zero attached hydrogens (tertiary/aromatic N) is 6. The monoisotopic (exact) mass is 411 g/mol. The summed E-state index contributed by atoms with van der Waals surface area (Å²) in [7, 11) is 3.41. The highest BCUT2D eigenvalue weighted by Gasteiger charge is 2.43. The van der Waals surface area contributed by atoms with Gasteiger partial charge in [-0.3, -0.25) is 4.79 Å². The molecule has 2 bridgehead atoms. The Morgan fingerprint density at radius 3 is 2.87 bits per heavy atom. The molecule has 10 heteroatoms. The minimum atomic E-state index is -0.983. The third-order valence-corrected chi connectivity index (χ3v) is 6.24. The lowest BCUT2D eigenvalue weighted by molar-refractivity contribution is 0.176. The SMILES string of the molecule is CN(c1cnc(-c2cc3c(=O)n(C)cnc3cc2O)nn1)C1CC2CCC(N2)[C@H]1F. The Hall–Kier alpha value is -3.14. The second-order valence-electron chi connectivity index (χ2n) is 8.09. The van der Waals surface area contributed by atoms with Gasteiger partial charge in [0.2, 0.25) is 0 Å². The molecule has 3 aromatic rings. The fourth-order valence-electron chi connectivity index (χ4n) is 4.50. The molecule has 0 aliphatic carbocycles. The number of aromatic nitrogens is 5. The van der Waals surface area contributed by atoms with Gasteiger partial charge in [0.15, 0.2) is 11.6 Å². The van der Waals surface area contributed by atoms with Crippen LogP contribution in [0.25, 0.3) is 22.3 Å². The number of hydrogen-bond donors (Lipinski definition) is 2. The first-order valence-electron chi connectivity index (χ1n) is 9.94. The summed E-state index contributed by atoms with van der Waals surface area (Å²) in [6.45, 7) is 0. The van der Waals surface area contributed by atoms with Crippen LogP contribution >= 0.6 is 0 Å². The van der Waals surface area contributed by atoms with E-state index in [1.807, 2.05) is 0 Å². The van der Waals surface area contributed by atoms with Gasteiger partial charge in [-0.2, -0.15) is 0 Å². The van der Waals surface area contributed by atoms with Crippen LogP contribution in [0, 0.1) is 0 Å². The number of nitrogens with one attached hydrogen (secondary N) is 1. The van der Waals surface area contributed by atoms with E-state index in [-0.39, 0.29) is 34.8 Å². The molecule has 30 heavy (non-hydrogen) atoms. The molecule has 2 fully saturated rings. The van der Waals surface area contributed by atoms with E-state index < -0.39 is 6.17 Å². The molecule has 0 saturated carbocycles. The number of phenolic OH excluding ortho intramolecular Hbond substituents is 1. The molecule has 1 aromatic carbocycles. The van der Waals surface area contributed by atoms with Crippen LogP contribution in [0.4, 0.5) is 10.2 Å². The van der Waals surface area contributed by atoms with Gasteiger partial charge in [-0.25, -0.2) is 14.4 Å². The van der Waals surface area contributed by atoms with Gasteiger partial charge in [-0.1, -0.05) is 0 Å². The lowest BCUT2D eigenvalue weighted by Gasteiger charge is -2.38. The Bertz CT molecular complexity index is 1170. The third-order valence-electron chi connectivity index (χ3n) is 6.24. The first-order valence-corrected chi connectivity index (χ1v) is 9.94. The highest BCUT2D eigenvalue weighted by Crippen LogP contribution is 2.33. The van der Waals surface area contributed by atoms with Crippen LogP contribution in [-0.2, 0) is 7.05 Å². The van der Waals surface area contributed by atoms with E-state index in [0.29, 0.717) is 29.2 Å².